The van der Waals surface area contributed by atoms with Gasteiger partial charge in [0.15, 0.2) is 0 Å². The van der Waals surface area contributed by atoms with Gasteiger partial charge < -0.3 is 10.2 Å². The lowest BCUT2D eigenvalue weighted by molar-refractivity contribution is 0.0865. The molecule has 0 aliphatic carbocycles. The molecule has 2 atom stereocenters. The molecular weight excluding hydrogens is 140 g/mol. The minimum atomic E-state index is -0.249. The van der Waals surface area contributed by atoms with Crippen LogP contribution in [0.3, 0.4) is 0 Å². The molecule has 11 heavy (non-hydrogen) atoms. The predicted octanol–water partition coefficient (Wildman–Crippen LogP) is 1.41. The third-order valence-corrected chi connectivity index (χ3v) is 2.17. The summed E-state index contributed by atoms with van der Waals surface area (Å²) in [5.74, 6) is 0.837. The highest BCUT2D eigenvalue weighted by molar-refractivity contribution is 4.68. The monoisotopic (exact) mass is 160 g/mol. The number of hydrogen-bond donors (Lipinski definition) is 2. The standard InChI is InChI=1S/C9H20O2/c1-7(2)9(8(3)11)5-4-6-10/h7-11H,4-6H2,1-3H3. The van der Waals surface area contributed by atoms with Gasteiger partial charge in [-0.2, -0.15) is 0 Å². The van der Waals surface area contributed by atoms with E-state index in [9.17, 15) is 5.11 Å². The van der Waals surface area contributed by atoms with E-state index < -0.39 is 0 Å². The molecule has 2 nitrogen and oxygen atoms in total. The van der Waals surface area contributed by atoms with E-state index in [2.05, 4.69) is 13.8 Å². The summed E-state index contributed by atoms with van der Waals surface area (Å²) >= 11 is 0. The van der Waals surface area contributed by atoms with Crippen LogP contribution in [0.15, 0.2) is 0 Å². The zero-order chi connectivity index (χ0) is 8.85. The Hall–Kier alpha value is -0.0800. The molecule has 0 spiro atoms. The topological polar surface area (TPSA) is 40.5 Å². The van der Waals surface area contributed by atoms with Gasteiger partial charge in [-0.3, -0.25) is 0 Å². The molecule has 0 saturated heterocycles. The van der Waals surface area contributed by atoms with Crippen LogP contribution in [0.1, 0.15) is 33.6 Å². The molecule has 0 bridgehead atoms. The first-order valence-electron chi connectivity index (χ1n) is 4.38. The summed E-state index contributed by atoms with van der Waals surface area (Å²) in [6.07, 6.45) is 1.47. The Kier molecular flexibility index (Phi) is 5.51. The molecule has 2 unspecified atom stereocenters. The SMILES string of the molecule is CC(C)C(CCCO)C(C)O. The van der Waals surface area contributed by atoms with E-state index in [1.54, 1.807) is 0 Å². The van der Waals surface area contributed by atoms with E-state index in [0.717, 1.165) is 12.8 Å². The van der Waals surface area contributed by atoms with Crippen molar-refractivity contribution in [1.82, 2.24) is 0 Å². The van der Waals surface area contributed by atoms with Crippen LogP contribution in [-0.2, 0) is 0 Å². The minimum absolute atomic E-state index is 0.232. The average Bonchev–Trinajstić information content (AvgIpc) is 1.87. The lowest BCUT2D eigenvalue weighted by Crippen LogP contribution is -2.22. The molecular formula is C9H20O2. The van der Waals surface area contributed by atoms with E-state index in [1.807, 2.05) is 6.92 Å². The fourth-order valence-electron chi connectivity index (χ4n) is 1.46. The summed E-state index contributed by atoms with van der Waals surface area (Å²) in [5.41, 5.74) is 0. The molecule has 2 N–H and O–H groups in total. The first kappa shape index (κ1) is 10.9. The van der Waals surface area contributed by atoms with Crippen molar-refractivity contribution < 1.29 is 10.2 Å². The van der Waals surface area contributed by atoms with Crippen molar-refractivity contribution in [2.45, 2.75) is 39.7 Å². The summed E-state index contributed by atoms with van der Waals surface area (Å²) in [6.45, 7) is 6.27. The van der Waals surface area contributed by atoms with Gasteiger partial charge in [0.1, 0.15) is 0 Å². The third kappa shape index (κ3) is 4.38. The number of hydrogen-bond acceptors (Lipinski definition) is 2. The molecule has 68 valence electrons. The first-order chi connectivity index (χ1) is 5.09. The van der Waals surface area contributed by atoms with Crippen LogP contribution in [-0.4, -0.2) is 22.9 Å². The Morgan fingerprint density at radius 2 is 1.73 bits per heavy atom. The average molecular weight is 160 g/mol. The van der Waals surface area contributed by atoms with Gasteiger partial charge in [0.05, 0.1) is 6.10 Å². The smallest absolute Gasteiger partial charge is 0.0542 e. The van der Waals surface area contributed by atoms with Crippen molar-refractivity contribution in [3.63, 3.8) is 0 Å². The molecule has 0 amide bonds. The highest BCUT2D eigenvalue weighted by Gasteiger charge is 2.17. The van der Waals surface area contributed by atoms with Crippen LogP contribution in [0.5, 0.6) is 0 Å². The molecule has 0 heterocycles. The van der Waals surface area contributed by atoms with E-state index in [-0.39, 0.29) is 12.7 Å². The quantitative estimate of drug-likeness (QED) is 0.638. The Morgan fingerprint density at radius 3 is 2.00 bits per heavy atom. The van der Waals surface area contributed by atoms with Gasteiger partial charge in [-0.05, 0) is 31.6 Å². The lowest BCUT2D eigenvalue weighted by Gasteiger charge is -2.23. The molecule has 0 aliphatic heterocycles. The van der Waals surface area contributed by atoms with Crippen molar-refractivity contribution >= 4 is 0 Å². The number of rotatable bonds is 5. The highest BCUT2D eigenvalue weighted by atomic mass is 16.3. The maximum absolute atomic E-state index is 9.33. The molecule has 0 saturated carbocycles. The van der Waals surface area contributed by atoms with E-state index in [4.69, 9.17) is 5.11 Å². The predicted molar refractivity (Wildman–Crippen MR) is 46.3 cm³/mol. The third-order valence-electron chi connectivity index (χ3n) is 2.17. The van der Waals surface area contributed by atoms with Crippen LogP contribution >= 0.6 is 0 Å². The van der Waals surface area contributed by atoms with Crippen molar-refractivity contribution in [2.24, 2.45) is 11.8 Å². The largest absolute Gasteiger partial charge is 0.396 e. The van der Waals surface area contributed by atoms with E-state index in [0.29, 0.717) is 11.8 Å². The second-order valence-corrected chi connectivity index (χ2v) is 3.51. The van der Waals surface area contributed by atoms with Gasteiger partial charge >= 0.3 is 0 Å². The zero-order valence-electron chi connectivity index (χ0n) is 7.75. The van der Waals surface area contributed by atoms with Gasteiger partial charge in [0.2, 0.25) is 0 Å². The van der Waals surface area contributed by atoms with Crippen LogP contribution < -0.4 is 0 Å². The Morgan fingerprint density at radius 1 is 1.18 bits per heavy atom. The Bertz CT molecular complexity index is 81.6. The molecule has 0 aromatic rings. The summed E-state index contributed by atoms with van der Waals surface area (Å²) in [6, 6.07) is 0. The summed E-state index contributed by atoms with van der Waals surface area (Å²) in [5, 5.41) is 17.9. The molecule has 0 fully saturated rings. The van der Waals surface area contributed by atoms with Gasteiger partial charge in [0.25, 0.3) is 0 Å². The minimum Gasteiger partial charge on any atom is -0.396 e. The van der Waals surface area contributed by atoms with Gasteiger partial charge in [0, 0.05) is 6.61 Å². The number of aliphatic hydroxyl groups is 2. The second-order valence-electron chi connectivity index (χ2n) is 3.51. The van der Waals surface area contributed by atoms with Gasteiger partial charge in [-0.1, -0.05) is 13.8 Å². The van der Waals surface area contributed by atoms with E-state index in [1.165, 1.54) is 0 Å². The highest BCUT2D eigenvalue weighted by Crippen LogP contribution is 2.20. The lowest BCUT2D eigenvalue weighted by atomic mass is 9.87. The van der Waals surface area contributed by atoms with Crippen LogP contribution in [0.25, 0.3) is 0 Å². The normalized spacial score (nSPS) is 16.9. The Labute approximate surface area is 69.2 Å². The van der Waals surface area contributed by atoms with Crippen molar-refractivity contribution in [1.29, 1.82) is 0 Å². The van der Waals surface area contributed by atoms with Crippen molar-refractivity contribution in [3.05, 3.63) is 0 Å². The van der Waals surface area contributed by atoms with Gasteiger partial charge in [-0.15, -0.1) is 0 Å². The molecule has 2 heteroatoms. The molecule has 0 aromatic carbocycles. The fourth-order valence-corrected chi connectivity index (χ4v) is 1.46. The van der Waals surface area contributed by atoms with Crippen molar-refractivity contribution in [3.8, 4) is 0 Å². The summed E-state index contributed by atoms with van der Waals surface area (Å²) < 4.78 is 0. The molecule has 0 aliphatic rings. The van der Waals surface area contributed by atoms with E-state index >= 15 is 0 Å². The number of aliphatic hydroxyl groups excluding tert-OH is 2. The molecule has 0 radical (unpaired) electrons. The fraction of sp³-hybridized carbons (Fsp3) is 1.00. The van der Waals surface area contributed by atoms with Crippen LogP contribution in [0.4, 0.5) is 0 Å². The maximum atomic E-state index is 9.33. The van der Waals surface area contributed by atoms with Crippen LogP contribution in [0.2, 0.25) is 0 Å². The summed E-state index contributed by atoms with van der Waals surface area (Å²) in [7, 11) is 0. The van der Waals surface area contributed by atoms with Crippen LogP contribution in [0, 0.1) is 11.8 Å². The zero-order valence-corrected chi connectivity index (χ0v) is 7.75. The summed E-state index contributed by atoms with van der Waals surface area (Å²) in [4.78, 5) is 0. The molecule has 0 rings (SSSR count). The Balaban J connectivity index is 3.70. The molecule has 0 aromatic heterocycles. The van der Waals surface area contributed by atoms with Crippen molar-refractivity contribution in [2.75, 3.05) is 6.61 Å². The first-order valence-corrected chi connectivity index (χ1v) is 4.38. The van der Waals surface area contributed by atoms with Gasteiger partial charge in [-0.25, -0.2) is 0 Å². The second kappa shape index (κ2) is 5.56. The maximum Gasteiger partial charge on any atom is 0.0542 e.